The van der Waals surface area contributed by atoms with Crippen molar-refractivity contribution < 1.29 is 13.2 Å². The van der Waals surface area contributed by atoms with Crippen LogP contribution in [0.4, 0.5) is 5.69 Å². The maximum Gasteiger partial charge on any atom is 0.271 e. The molecule has 0 spiro atoms. The monoisotopic (exact) mass is 496 g/mol. The van der Waals surface area contributed by atoms with Gasteiger partial charge in [-0.05, 0) is 66.5 Å². The second-order valence-electron chi connectivity index (χ2n) is 9.21. The Labute approximate surface area is 206 Å². The fourth-order valence-corrected chi connectivity index (χ4v) is 6.73. The van der Waals surface area contributed by atoms with Gasteiger partial charge in [0.25, 0.3) is 10.0 Å². The van der Waals surface area contributed by atoms with Gasteiger partial charge in [0.2, 0.25) is 0 Å². The molecule has 1 fully saturated rings. The summed E-state index contributed by atoms with van der Waals surface area (Å²) in [6.07, 6.45) is 6.43. The zero-order chi connectivity index (χ0) is 24.1. The molecule has 1 aliphatic rings. The molecule has 3 aromatic rings. The van der Waals surface area contributed by atoms with Crippen LogP contribution in [0.3, 0.4) is 0 Å². The van der Waals surface area contributed by atoms with E-state index in [-0.39, 0.29) is 9.99 Å². The predicted molar refractivity (Wildman–Crippen MR) is 140 cm³/mol. The minimum absolute atomic E-state index is 0.00228. The molecule has 1 heterocycles. The Morgan fingerprint density at radius 3 is 2.53 bits per heavy atom. The van der Waals surface area contributed by atoms with Gasteiger partial charge in [0.05, 0.1) is 5.69 Å². The third kappa shape index (κ3) is 6.14. The summed E-state index contributed by atoms with van der Waals surface area (Å²) in [7, 11) is -3.68. The lowest BCUT2D eigenvalue weighted by molar-refractivity contribution is 0.101. The summed E-state index contributed by atoms with van der Waals surface area (Å²) in [6, 6.07) is 16.9. The highest BCUT2D eigenvalue weighted by Gasteiger charge is 2.20. The molecule has 34 heavy (non-hydrogen) atoms. The van der Waals surface area contributed by atoms with Crippen molar-refractivity contribution in [3.8, 4) is 11.1 Å². The quantitative estimate of drug-likeness (QED) is 0.315. The Balaban J connectivity index is 1.60. The Morgan fingerprint density at radius 2 is 1.82 bits per heavy atom. The smallest absolute Gasteiger partial charge is 0.271 e. The van der Waals surface area contributed by atoms with Crippen LogP contribution in [0.2, 0.25) is 0 Å². The highest BCUT2D eigenvalue weighted by molar-refractivity contribution is 7.94. The first-order chi connectivity index (χ1) is 16.3. The van der Waals surface area contributed by atoms with E-state index in [0.717, 1.165) is 29.0 Å². The SMILES string of the molecule is CC(=O)c1cccc(-c2ccc(CN[C@@H](C)CC3CCCC3)c(NS(=O)(=O)c3cccs3)c2)c1. The molecule has 0 unspecified atom stereocenters. The summed E-state index contributed by atoms with van der Waals surface area (Å²) in [5, 5.41) is 5.35. The Morgan fingerprint density at radius 1 is 1.06 bits per heavy atom. The summed E-state index contributed by atoms with van der Waals surface area (Å²) in [5.74, 6) is 0.785. The first kappa shape index (κ1) is 24.6. The molecule has 2 N–H and O–H groups in total. The van der Waals surface area contributed by atoms with Crippen LogP contribution < -0.4 is 10.0 Å². The Bertz CT molecular complexity index is 1230. The fourth-order valence-electron chi connectivity index (χ4n) is 4.65. The molecule has 1 atom stereocenters. The zero-order valence-electron chi connectivity index (χ0n) is 19.7. The van der Waals surface area contributed by atoms with Crippen LogP contribution in [0.5, 0.6) is 0 Å². The normalized spacial score (nSPS) is 15.4. The molecular weight excluding hydrogens is 464 g/mol. The second-order valence-corrected chi connectivity index (χ2v) is 12.1. The largest absolute Gasteiger partial charge is 0.310 e. The molecule has 180 valence electrons. The summed E-state index contributed by atoms with van der Waals surface area (Å²) < 4.78 is 29.1. The number of Topliss-reactive ketones (excluding diaryl/α,β-unsaturated/α-hetero) is 1. The number of rotatable bonds is 10. The minimum atomic E-state index is -3.68. The summed E-state index contributed by atoms with van der Waals surface area (Å²) >= 11 is 1.19. The van der Waals surface area contributed by atoms with E-state index in [1.165, 1.54) is 37.0 Å². The van der Waals surface area contributed by atoms with Gasteiger partial charge in [-0.25, -0.2) is 8.42 Å². The highest BCUT2D eigenvalue weighted by atomic mass is 32.2. The molecule has 2 aromatic carbocycles. The van der Waals surface area contributed by atoms with Crippen LogP contribution in [0, 0.1) is 5.92 Å². The molecule has 0 amide bonds. The molecule has 1 aromatic heterocycles. The number of ketones is 1. The summed E-state index contributed by atoms with van der Waals surface area (Å²) in [5.41, 5.74) is 3.81. The number of benzene rings is 2. The van der Waals surface area contributed by atoms with E-state index < -0.39 is 10.0 Å². The van der Waals surface area contributed by atoms with E-state index in [0.29, 0.717) is 23.8 Å². The number of carbonyl (C=O) groups is 1. The molecular formula is C27H32N2O3S2. The number of sulfonamides is 1. The molecule has 0 saturated heterocycles. The first-order valence-electron chi connectivity index (χ1n) is 11.9. The first-order valence-corrected chi connectivity index (χ1v) is 14.2. The van der Waals surface area contributed by atoms with Gasteiger partial charge < -0.3 is 5.32 Å². The van der Waals surface area contributed by atoms with Crippen LogP contribution in [-0.2, 0) is 16.6 Å². The van der Waals surface area contributed by atoms with Gasteiger partial charge in [0, 0.05) is 18.2 Å². The lowest BCUT2D eigenvalue weighted by Crippen LogP contribution is -2.28. The Kier molecular flexibility index (Phi) is 7.86. The molecule has 0 radical (unpaired) electrons. The molecule has 1 saturated carbocycles. The number of thiophene rings is 1. The van der Waals surface area contributed by atoms with E-state index >= 15 is 0 Å². The maximum atomic E-state index is 13.0. The number of nitrogens with one attached hydrogen (secondary N) is 2. The Hall–Kier alpha value is -2.48. The molecule has 0 aliphatic heterocycles. The van der Waals surface area contributed by atoms with Crippen molar-refractivity contribution >= 4 is 32.8 Å². The van der Waals surface area contributed by atoms with Crippen LogP contribution in [0.1, 0.15) is 61.9 Å². The maximum absolute atomic E-state index is 13.0. The van der Waals surface area contributed by atoms with Crippen molar-refractivity contribution in [2.24, 2.45) is 5.92 Å². The number of hydrogen-bond donors (Lipinski definition) is 2. The van der Waals surface area contributed by atoms with E-state index in [2.05, 4.69) is 17.0 Å². The van der Waals surface area contributed by atoms with Crippen molar-refractivity contribution in [3.05, 3.63) is 71.1 Å². The number of carbonyl (C=O) groups excluding carboxylic acids is 1. The topological polar surface area (TPSA) is 75.3 Å². The van der Waals surface area contributed by atoms with E-state index in [1.807, 2.05) is 36.4 Å². The van der Waals surface area contributed by atoms with Gasteiger partial charge in [0.15, 0.2) is 5.78 Å². The van der Waals surface area contributed by atoms with Crippen molar-refractivity contribution in [3.63, 3.8) is 0 Å². The van der Waals surface area contributed by atoms with Crippen LogP contribution in [-0.4, -0.2) is 20.2 Å². The number of hydrogen-bond acceptors (Lipinski definition) is 5. The second kappa shape index (κ2) is 10.8. The van der Waals surface area contributed by atoms with E-state index in [9.17, 15) is 13.2 Å². The predicted octanol–water partition coefficient (Wildman–Crippen LogP) is 6.48. The average molecular weight is 497 g/mol. The van der Waals surface area contributed by atoms with Gasteiger partial charge in [0.1, 0.15) is 4.21 Å². The van der Waals surface area contributed by atoms with E-state index in [1.54, 1.807) is 30.5 Å². The van der Waals surface area contributed by atoms with Crippen molar-refractivity contribution in [1.29, 1.82) is 0 Å². The van der Waals surface area contributed by atoms with Gasteiger partial charge in [-0.3, -0.25) is 9.52 Å². The van der Waals surface area contributed by atoms with Crippen molar-refractivity contribution in [2.75, 3.05) is 4.72 Å². The van der Waals surface area contributed by atoms with Crippen LogP contribution >= 0.6 is 11.3 Å². The van der Waals surface area contributed by atoms with Crippen molar-refractivity contribution in [1.82, 2.24) is 5.32 Å². The lowest BCUT2D eigenvalue weighted by atomic mass is 9.98. The van der Waals surface area contributed by atoms with Gasteiger partial charge in [-0.15, -0.1) is 11.3 Å². The van der Waals surface area contributed by atoms with Gasteiger partial charge in [-0.1, -0.05) is 62.1 Å². The standard InChI is InChI=1S/C27H32N2O3S2/c1-19(15-21-7-3-4-8-21)28-18-25-13-12-24(23-10-5-9-22(16-23)20(2)30)17-26(25)29-34(31,32)27-11-6-14-33-27/h5-6,9-14,16-17,19,21,28-29H,3-4,7-8,15,18H2,1-2H3/t19-/m0/s1. The third-order valence-corrected chi connectivity index (χ3v) is 9.28. The summed E-state index contributed by atoms with van der Waals surface area (Å²) in [4.78, 5) is 11.8. The molecule has 0 bridgehead atoms. The molecule has 7 heteroatoms. The molecule has 4 rings (SSSR count). The zero-order valence-corrected chi connectivity index (χ0v) is 21.3. The highest BCUT2D eigenvalue weighted by Crippen LogP contribution is 2.31. The minimum Gasteiger partial charge on any atom is -0.310 e. The van der Waals surface area contributed by atoms with E-state index in [4.69, 9.17) is 0 Å². The fraction of sp³-hybridized carbons (Fsp3) is 0.370. The third-order valence-electron chi connectivity index (χ3n) is 6.52. The van der Waals surface area contributed by atoms with Crippen LogP contribution in [0.25, 0.3) is 11.1 Å². The van der Waals surface area contributed by atoms with Crippen molar-refractivity contribution in [2.45, 2.75) is 62.7 Å². The average Bonchev–Trinajstić information content (AvgIpc) is 3.53. The summed E-state index contributed by atoms with van der Waals surface area (Å²) in [6.45, 7) is 4.32. The van der Waals surface area contributed by atoms with Crippen LogP contribution in [0.15, 0.2) is 64.2 Å². The number of anilines is 1. The van der Waals surface area contributed by atoms with Gasteiger partial charge in [-0.2, -0.15) is 0 Å². The lowest BCUT2D eigenvalue weighted by Gasteiger charge is -2.20. The molecule has 5 nitrogen and oxygen atoms in total. The van der Waals surface area contributed by atoms with Gasteiger partial charge >= 0.3 is 0 Å². The molecule has 1 aliphatic carbocycles.